The van der Waals surface area contributed by atoms with Crippen LogP contribution >= 0.6 is 0 Å². The molecule has 680 valence electrons. The van der Waals surface area contributed by atoms with Crippen LogP contribution in [0.25, 0.3) is 0 Å². The molecular formula is C92H152FN21O8. The van der Waals surface area contributed by atoms with Crippen LogP contribution in [0.1, 0.15) is 277 Å². The highest BCUT2D eigenvalue weighted by atomic mass is 19.1. The van der Waals surface area contributed by atoms with Crippen molar-refractivity contribution in [2.45, 2.75) is 320 Å². The number of halogens is 1. The van der Waals surface area contributed by atoms with Gasteiger partial charge in [-0.2, -0.15) is 45.9 Å². The zero-order chi connectivity index (χ0) is 89.1. The number of nitrogens with one attached hydrogen (secondary N) is 2. The Labute approximate surface area is 727 Å². The molecule has 8 aliphatic rings. The molecule has 1 fully saturated rings. The molecular weight excluding hydrogens is 1550 g/mol. The molecule has 4 atom stereocenters. The minimum absolute atomic E-state index is 0.123. The molecule has 4 unspecified atom stereocenters. The molecule has 0 saturated heterocycles. The van der Waals surface area contributed by atoms with Crippen LogP contribution in [-0.2, 0) is 80.4 Å². The van der Waals surface area contributed by atoms with E-state index in [1.807, 2.05) is 107 Å². The first-order valence-corrected chi connectivity index (χ1v) is 44.7. The topological polar surface area (TPSA) is 262 Å². The van der Waals surface area contributed by atoms with Crippen molar-refractivity contribution in [3.63, 3.8) is 0 Å². The Morgan fingerprint density at radius 2 is 0.885 bits per heavy atom. The molecule has 0 radical (unpaired) electrons. The number of nitrogens with zero attached hydrogens (tertiary/aromatic N) is 19. The van der Waals surface area contributed by atoms with Crippen LogP contribution in [0.15, 0.2) is 68.2 Å². The SMILES string of the molecule is CC(C)(C)c1cnn(CC2CC2)c1.CC(C)(C)c1cnn2c1OCCCC2.CC(C)c1cnn2c1OCC(C)(C)C2.CC(C)c1cnn2c1OCC(N(C)C)C2.CC(C)c1cnn2c1OCC(NCCF)C2.CC(C)c1cnn2c1OCCC2.CNC1COc2c(C(C)C)cnn2C1.COC1COc2c(C(C)C)cnn2C1.Cn1cc(C(C)(C)C)cn1. The molecule has 9 aromatic heterocycles. The fourth-order valence-corrected chi connectivity index (χ4v) is 14.2. The lowest BCUT2D eigenvalue weighted by Crippen LogP contribution is -2.42. The molecule has 0 aromatic carbocycles. The largest absolute Gasteiger partial charge is 0.478 e. The fraction of sp³-hybridized carbons (Fsp3) is 0.707. The monoisotopic (exact) mass is 1700 g/mol. The molecule has 0 bridgehead atoms. The number of methoxy groups -OCH3 is 1. The summed E-state index contributed by atoms with van der Waals surface area (Å²) in [6, 6.07) is 0.961. The first kappa shape index (κ1) is 97.1. The van der Waals surface area contributed by atoms with E-state index in [4.69, 9.17) is 37.9 Å². The van der Waals surface area contributed by atoms with Crippen LogP contribution in [0.4, 0.5) is 4.39 Å². The average molecular weight is 1700 g/mol. The highest BCUT2D eigenvalue weighted by molar-refractivity contribution is 5.34. The van der Waals surface area contributed by atoms with Crippen molar-refractivity contribution in [2.75, 3.05) is 87.7 Å². The number of hydrogen-bond acceptors (Lipinski definition) is 20. The van der Waals surface area contributed by atoms with E-state index in [-0.39, 0.29) is 40.5 Å². The molecule has 122 heavy (non-hydrogen) atoms. The van der Waals surface area contributed by atoms with E-state index in [0.29, 0.717) is 67.3 Å². The van der Waals surface area contributed by atoms with Gasteiger partial charge in [0.25, 0.3) is 0 Å². The van der Waals surface area contributed by atoms with Crippen molar-refractivity contribution in [1.82, 2.24) is 104 Å². The van der Waals surface area contributed by atoms with Crippen LogP contribution in [0.3, 0.4) is 0 Å². The smallest absolute Gasteiger partial charge is 0.215 e. The Morgan fingerprint density at radius 1 is 0.467 bits per heavy atom. The molecule has 7 aliphatic heterocycles. The number of alkyl halides is 1. The Hall–Kier alpha value is -8.74. The van der Waals surface area contributed by atoms with Gasteiger partial charge in [0.05, 0.1) is 126 Å². The van der Waals surface area contributed by atoms with Gasteiger partial charge in [-0.25, -0.2) is 37.2 Å². The number of fused-ring (bicyclic) bond motifs is 7. The van der Waals surface area contributed by atoms with Crippen LogP contribution < -0.4 is 43.8 Å². The maximum absolute atomic E-state index is 12.0. The second-order valence-electron chi connectivity index (χ2n) is 39.4. The highest BCUT2D eigenvalue weighted by Gasteiger charge is 2.33. The third kappa shape index (κ3) is 27.1. The summed E-state index contributed by atoms with van der Waals surface area (Å²) in [4.78, 5) is 2.18. The van der Waals surface area contributed by atoms with Crippen LogP contribution in [0.5, 0.6) is 41.2 Å². The summed E-state index contributed by atoms with van der Waals surface area (Å²) in [7, 11) is 9.74. The van der Waals surface area contributed by atoms with E-state index >= 15 is 0 Å². The van der Waals surface area contributed by atoms with Crippen LogP contribution in [0, 0.1) is 11.3 Å². The lowest BCUT2D eigenvalue weighted by atomic mass is 9.89. The zero-order valence-corrected chi connectivity index (χ0v) is 79.4. The fourth-order valence-electron chi connectivity index (χ4n) is 14.2. The molecule has 2 N–H and O–H groups in total. The zero-order valence-electron chi connectivity index (χ0n) is 79.4. The van der Waals surface area contributed by atoms with Crippen molar-refractivity contribution < 1.29 is 42.3 Å². The Kier molecular flexibility index (Phi) is 34.8. The van der Waals surface area contributed by atoms with Gasteiger partial charge in [0.2, 0.25) is 41.2 Å². The summed E-state index contributed by atoms with van der Waals surface area (Å²) in [5.41, 5.74) is 11.8. The van der Waals surface area contributed by atoms with Crippen molar-refractivity contribution in [3.8, 4) is 41.2 Å². The second-order valence-corrected chi connectivity index (χ2v) is 39.4. The number of ether oxygens (including phenoxy) is 8. The van der Waals surface area contributed by atoms with Gasteiger partial charge in [0.1, 0.15) is 39.2 Å². The first-order valence-electron chi connectivity index (χ1n) is 44.7. The molecule has 30 heteroatoms. The number of likely N-dealkylation sites (N-methyl/N-ethyl adjacent to an activating group) is 2. The number of aromatic nitrogens is 18. The van der Waals surface area contributed by atoms with Gasteiger partial charge in [0, 0.05) is 104 Å². The molecule has 16 heterocycles. The third-order valence-corrected chi connectivity index (χ3v) is 22.6. The van der Waals surface area contributed by atoms with E-state index in [9.17, 15) is 4.39 Å². The maximum atomic E-state index is 12.0. The van der Waals surface area contributed by atoms with Crippen molar-refractivity contribution in [1.29, 1.82) is 0 Å². The van der Waals surface area contributed by atoms with E-state index in [2.05, 4.69) is 252 Å². The van der Waals surface area contributed by atoms with Gasteiger partial charge in [0.15, 0.2) is 0 Å². The van der Waals surface area contributed by atoms with E-state index in [0.717, 1.165) is 157 Å². The summed E-state index contributed by atoms with van der Waals surface area (Å²) in [5, 5.41) is 45.1. The third-order valence-electron chi connectivity index (χ3n) is 22.6. The van der Waals surface area contributed by atoms with Gasteiger partial charge in [-0.05, 0) is 116 Å². The normalized spacial score (nSPS) is 18.5. The van der Waals surface area contributed by atoms with Crippen molar-refractivity contribution >= 4 is 0 Å². The van der Waals surface area contributed by atoms with Gasteiger partial charge >= 0.3 is 0 Å². The highest BCUT2D eigenvalue weighted by Crippen LogP contribution is 2.38. The summed E-state index contributed by atoms with van der Waals surface area (Å²) in [6.45, 7) is 62.7. The van der Waals surface area contributed by atoms with Gasteiger partial charge in [-0.15, -0.1) is 0 Å². The summed E-state index contributed by atoms with van der Waals surface area (Å²) < 4.78 is 74.7. The lowest BCUT2D eigenvalue weighted by Gasteiger charge is -2.30. The summed E-state index contributed by atoms with van der Waals surface area (Å²) >= 11 is 0. The van der Waals surface area contributed by atoms with Crippen molar-refractivity contribution in [2.24, 2.45) is 18.4 Å². The van der Waals surface area contributed by atoms with Gasteiger partial charge in [-0.3, -0.25) is 9.36 Å². The molecule has 29 nitrogen and oxygen atoms in total. The number of rotatable bonds is 14. The van der Waals surface area contributed by atoms with Crippen LogP contribution in [-0.4, -0.2) is 205 Å². The summed E-state index contributed by atoms with van der Waals surface area (Å²) in [6.07, 6.45) is 27.8. The Bertz CT molecular complexity index is 4530. The molecule has 17 rings (SSSR count). The first-order chi connectivity index (χ1) is 57.7. The molecule has 0 amide bonds. The predicted molar refractivity (Wildman–Crippen MR) is 479 cm³/mol. The Morgan fingerprint density at radius 3 is 1.34 bits per heavy atom. The summed E-state index contributed by atoms with van der Waals surface area (Å²) in [5.74, 6) is 10.4. The molecule has 9 aromatic rings. The van der Waals surface area contributed by atoms with E-state index < -0.39 is 0 Å². The quantitative estimate of drug-likeness (QED) is 0.102. The van der Waals surface area contributed by atoms with E-state index in [1.54, 1.807) is 7.11 Å². The van der Waals surface area contributed by atoms with Crippen LogP contribution in [0.2, 0.25) is 0 Å². The Balaban J connectivity index is 0.000000156. The maximum Gasteiger partial charge on any atom is 0.215 e. The molecule has 1 aliphatic carbocycles. The number of aryl methyl sites for hydroxylation is 3. The van der Waals surface area contributed by atoms with Gasteiger partial charge < -0.3 is 53.4 Å². The predicted octanol–water partition coefficient (Wildman–Crippen LogP) is 15.9. The lowest BCUT2D eigenvalue weighted by molar-refractivity contribution is 0.0174. The minimum atomic E-state index is -0.348. The standard InChI is InChI=1S/C11H18FN3O.C11H19N3O.2C11H18N2O.C11H18N2.C10H17N3O.C10H16N2O2.C9H14N2O.C8H14N2/c1-8(2)10-5-14-15-6-9(13-4-3-12)7-16-11(10)15;1-8(2)10-5-12-14-6-9(13(3)4)7-15-11(10)14;1-8(2)9-5-12-13-6-11(3,4)7-14-10(9)13;1-11(2,3)9-8-12-13-6-4-5-7-14-10(9)13;1-11(2,3)10-6-12-13(8-10)7-9-4-5-9;1-7(2)9-4-12-13-5-8(11-3)6-14-10(9)13;1-7(2)9-4-11-12-5-8(13-3)6-14-10(9)12;1-7(2)8-6-10-11-4-3-5-12-9(8)11;1-8(2,3)7-5-9-10(4)6-7/h5,8-9,13H,3-4,6-7H2,1-2H3;5,8-9H,6-7H2,1-4H3;5,8H,6-7H2,1-4H3;8H,4-7H2,1-3H3;6,8-9H,4-5,7H2,1-3H3;4,7-8,11H,5-6H2,1-3H3;4,7-8H,5-6H2,1-3H3;6-7H,3-5H2,1-2H3;5-6H,1-4H3. The molecule has 1 saturated carbocycles. The average Bonchev–Trinajstić information content (AvgIpc) is 1.66. The molecule has 0 spiro atoms. The minimum Gasteiger partial charge on any atom is -0.478 e. The second kappa shape index (κ2) is 43.7. The van der Waals surface area contributed by atoms with Gasteiger partial charge in [-0.1, -0.05) is 159 Å². The van der Waals surface area contributed by atoms with Crippen molar-refractivity contribution in [3.05, 3.63) is 118 Å². The van der Waals surface area contributed by atoms with E-state index in [1.165, 1.54) is 57.3 Å². The number of hydrogen-bond donors (Lipinski definition) is 2.